The highest BCUT2D eigenvalue weighted by atomic mass is 32.2. The van der Waals surface area contributed by atoms with E-state index in [-0.39, 0.29) is 28.9 Å². The van der Waals surface area contributed by atoms with E-state index >= 15 is 0 Å². The van der Waals surface area contributed by atoms with E-state index in [0.717, 1.165) is 6.07 Å². The van der Waals surface area contributed by atoms with Crippen molar-refractivity contribution in [1.29, 1.82) is 0 Å². The third-order valence-corrected chi connectivity index (χ3v) is 4.77. The van der Waals surface area contributed by atoms with E-state index in [9.17, 15) is 22.0 Å². The van der Waals surface area contributed by atoms with E-state index in [0.29, 0.717) is 12.0 Å². The number of furan rings is 1. The van der Waals surface area contributed by atoms with Crippen LogP contribution in [0.4, 0.5) is 8.78 Å². The summed E-state index contributed by atoms with van der Waals surface area (Å²) in [7, 11) is -1.23. The summed E-state index contributed by atoms with van der Waals surface area (Å²) < 4.78 is 64.5. The molecule has 8 nitrogen and oxygen atoms in total. The van der Waals surface area contributed by atoms with Gasteiger partial charge in [0.2, 0.25) is 5.09 Å². The molecule has 1 aromatic carbocycles. The van der Waals surface area contributed by atoms with Gasteiger partial charge in [0.05, 0.1) is 7.11 Å². The van der Waals surface area contributed by atoms with Gasteiger partial charge in [-0.3, -0.25) is 4.79 Å². The number of ether oxygens (including phenoxy) is 2. The van der Waals surface area contributed by atoms with Crippen molar-refractivity contribution in [3.63, 3.8) is 0 Å². The highest BCUT2D eigenvalue weighted by molar-refractivity contribution is 7.89. The maximum atomic E-state index is 12.4. The van der Waals surface area contributed by atoms with Gasteiger partial charge in [-0.15, -0.1) is 0 Å². The molecule has 27 heavy (non-hydrogen) atoms. The Balaban J connectivity index is 1.97. The molecule has 2 rings (SSSR count). The summed E-state index contributed by atoms with van der Waals surface area (Å²) in [6.07, 6.45) is 0.317. The molecule has 0 spiro atoms. The number of rotatable bonds is 9. The highest BCUT2D eigenvalue weighted by Gasteiger charge is 2.19. The van der Waals surface area contributed by atoms with Gasteiger partial charge in [0.15, 0.2) is 17.3 Å². The molecule has 1 heterocycles. The number of amides is 1. The van der Waals surface area contributed by atoms with Gasteiger partial charge in [-0.05, 0) is 43.3 Å². The second-order valence-corrected chi connectivity index (χ2v) is 7.01. The monoisotopic (exact) mass is 404 g/mol. The molecule has 148 valence electrons. The minimum atomic E-state index is -3.78. The Kier molecular flexibility index (Phi) is 6.75. The zero-order chi connectivity index (χ0) is 20.0. The summed E-state index contributed by atoms with van der Waals surface area (Å²) in [5.41, 5.74) is 0.629. The van der Waals surface area contributed by atoms with Gasteiger partial charge < -0.3 is 19.2 Å². The van der Waals surface area contributed by atoms with Gasteiger partial charge in [0, 0.05) is 6.54 Å². The molecular formula is C16H18F2N2O6S. The lowest BCUT2D eigenvalue weighted by Crippen LogP contribution is -2.25. The van der Waals surface area contributed by atoms with Gasteiger partial charge in [-0.2, -0.15) is 8.78 Å². The standard InChI is InChI=1S/C16H18F2N2O6S/c1-19-27(22,23)14-6-5-12(25-14)15(21)20-8-7-10-3-4-11(24-2)13(9-10)26-16(17)18/h3-6,9,16,19H,7-8H2,1-2H3,(H,20,21). The Bertz CT molecular complexity index is 898. The molecule has 1 aromatic heterocycles. The van der Waals surface area contributed by atoms with Crippen LogP contribution in [-0.2, 0) is 16.4 Å². The number of sulfonamides is 1. The van der Waals surface area contributed by atoms with Gasteiger partial charge in [-0.25, -0.2) is 13.1 Å². The van der Waals surface area contributed by atoms with E-state index in [4.69, 9.17) is 9.15 Å². The number of hydrogen-bond acceptors (Lipinski definition) is 6. The van der Waals surface area contributed by atoms with Crippen LogP contribution in [0.5, 0.6) is 11.5 Å². The van der Waals surface area contributed by atoms with Gasteiger partial charge in [0.1, 0.15) is 0 Å². The van der Waals surface area contributed by atoms with Crippen LogP contribution in [0.3, 0.4) is 0 Å². The Labute approximate surface area is 154 Å². The first-order valence-electron chi connectivity index (χ1n) is 7.70. The van der Waals surface area contributed by atoms with Gasteiger partial charge >= 0.3 is 6.61 Å². The quantitative estimate of drug-likeness (QED) is 0.660. The Hall–Kier alpha value is -2.66. The van der Waals surface area contributed by atoms with Crippen LogP contribution < -0.4 is 19.5 Å². The maximum absolute atomic E-state index is 12.4. The van der Waals surface area contributed by atoms with E-state index in [1.54, 1.807) is 6.07 Å². The molecule has 0 saturated heterocycles. The van der Waals surface area contributed by atoms with Crippen LogP contribution in [0.1, 0.15) is 16.1 Å². The first kappa shape index (κ1) is 20.6. The lowest BCUT2D eigenvalue weighted by atomic mass is 10.1. The maximum Gasteiger partial charge on any atom is 0.387 e. The minimum absolute atomic E-state index is 0.107. The number of methoxy groups -OCH3 is 1. The lowest BCUT2D eigenvalue weighted by molar-refractivity contribution is -0.0512. The van der Waals surface area contributed by atoms with Crippen molar-refractivity contribution in [3.8, 4) is 11.5 Å². The molecule has 0 aliphatic heterocycles. The largest absolute Gasteiger partial charge is 0.493 e. The number of carbonyl (C=O) groups excluding carboxylic acids is 1. The normalized spacial score (nSPS) is 11.4. The molecule has 0 atom stereocenters. The molecule has 0 aliphatic carbocycles. The van der Waals surface area contributed by atoms with E-state index in [2.05, 4.69) is 14.8 Å². The van der Waals surface area contributed by atoms with Crippen LogP contribution in [0, 0.1) is 0 Å². The molecular weight excluding hydrogens is 386 g/mol. The molecule has 0 aliphatic rings. The van der Waals surface area contributed by atoms with Crippen LogP contribution in [0.2, 0.25) is 0 Å². The molecule has 0 fully saturated rings. The van der Waals surface area contributed by atoms with Crippen molar-refractivity contribution in [3.05, 3.63) is 41.7 Å². The van der Waals surface area contributed by atoms with Crippen molar-refractivity contribution in [2.75, 3.05) is 20.7 Å². The number of benzene rings is 1. The van der Waals surface area contributed by atoms with Crippen LogP contribution >= 0.6 is 0 Å². The van der Waals surface area contributed by atoms with Crippen molar-refractivity contribution < 1.29 is 35.9 Å². The molecule has 2 aromatic rings. The van der Waals surface area contributed by atoms with Crippen LogP contribution in [0.15, 0.2) is 39.8 Å². The molecule has 0 radical (unpaired) electrons. The minimum Gasteiger partial charge on any atom is -0.493 e. The topological polar surface area (TPSA) is 107 Å². The van der Waals surface area contributed by atoms with Crippen molar-refractivity contribution in [1.82, 2.24) is 10.0 Å². The Morgan fingerprint density at radius 2 is 1.96 bits per heavy atom. The zero-order valence-corrected chi connectivity index (χ0v) is 15.3. The fraction of sp³-hybridized carbons (Fsp3) is 0.312. The van der Waals surface area contributed by atoms with Crippen molar-refractivity contribution in [2.24, 2.45) is 0 Å². The first-order chi connectivity index (χ1) is 12.8. The molecule has 0 unspecified atom stereocenters. The fourth-order valence-electron chi connectivity index (χ4n) is 2.16. The number of nitrogens with one attached hydrogen (secondary N) is 2. The second kappa shape index (κ2) is 8.82. The average Bonchev–Trinajstić information content (AvgIpc) is 3.12. The van der Waals surface area contributed by atoms with Gasteiger partial charge in [-0.1, -0.05) is 6.07 Å². The highest BCUT2D eigenvalue weighted by Crippen LogP contribution is 2.29. The van der Waals surface area contributed by atoms with Crippen molar-refractivity contribution >= 4 is 15.9 Å². The predicted octanol–water partition coefficient (Wildman–Crippen LogP) is 1.77. The third kappa shape index (κ3) is 5.41. The summed E-state index contributed by atoms with van der Waals surface area (Å²) in [5, 5.41) is 2.18. The third-order valence-electron chi connectivity index (χ3n) is 3.48. The SMILES string of the molecule is CNS(=O)(=O)c1ccc(C(=O)NCCc2ccc(OC)c(OC(F)F)c2)o1. The van der Waals surface area contributed by atoms with Crippen molar-refractivity contribution in [2.45, 2.75) is 18.1 Å². The van der Waals surface area contributed by atoms with E-state index in [1.165, 1.54) is 32.4 Å². The number of alkyl halides is 2. The van der Waals surface area contributed by atoms with E-state index in [1.807, 2.05) is 0 Å². The summed E-state index contributed by atoms with van der Waals surface area (Å²) >= 11 is 0. The lowest BCUT2D eigenvalue weighted by Gasteiger charge is -2.11. The molecule has 2 N–H and O–H groups in total. The smallest absolute Gasteiger partial charge is 0.387 e. The molecule has 1 amide bonds. The predicted molar refractivity (Wildman–Crippen MR) is 90.6 cm³/mol. The first-order valence-corrected chi connectivity index (χ1v) is 9.18. The zero-order valence-electron chi connectivity index (χ0n) is 14.5. The number of halogens is 2. The Morgan fingerprint density at radius 3 is 2.59 bits per heavy atom. The molecule has 0 saturated carbocycles. The summed E-state index contributed by atoms with van der Waals surface area (Å²) in [5.74, 6) is -0.716. The Morgan fingerprint density at radius 1 is 1.22 bits per heavy atom. The molecule has 11 heteroatoms. The number of carbonyl (C=O) groups is 1. The summed E-state index contributed by atoms with van der Waals surface area (Å²) in [4.78, 5) is 12.0. The van der Waals surface area contributed by atoms with Crippen LogP contribution in [0.25, 0.3) is 0 Å². The fourth-order valence-corrected chi connectivity index (χ4v) is 2.81. The average molecular weight is 404 g/mol. The second-order valence-electron chi connectivity index (χ2n) is 5.20. The summed E-state index contributed by atoms with van der Waals surface area (Å²) in [6, 6.07) is 6.92. The van der Waals surface area contributed by atoms with Crippen LogP contribution in [-0.4, -0.2) is 41.6 Å². The van der Waals surface area contributed by atoms with E-state index < -0.39 is 22.5 Å². The summed E-state index contributed by atoms with van der Waals surface area (Å²) in [6.45, 7) is -2.83. The van der Waals surface area contributed by atoms with Gasteiger partial charge in [0.25, 0.3) is 15.9 Å². The molecule has 0 bridgehead atoms. The number of hydrogen-bond donors (Lipinski definition) is 2.